The molecule has 1 amide bonds. The topological polar surface area (TPSA) is 78.4 Å². The van der Waals surface area contributed by atoms with Crippen molar-refractivity contribution >= 4 is 11.9 Å². The Morgan fingerprint density at radius 2 is 1.86 bits per heavy atom. The van der Waals surface area contributed by atoms with Crippen LogP contribution in [-0.2, 0) is 14.3 Å². The van der Waals surface area contributed by atoms with E-state index in [1.54, 1.807) is 19.0 Å². The SMILES string of the molecule is CN(C)C(=O)CN=C(NCCCC1CCCCO1)NCCCN1CCOCC1. The highest BCUT2D eigenvalue weighted by Gasteiger charge is 2.13. The number of ether oxygens (including phenoxy) is 2. The molecule has 8 nitrogen and oxygen atoms in total. The van der Waals surface area contributed by atoms with Crippen molar-refractivity contribution in [2.45, 2.75) is 44.6 Å². The number of aliphatic imine (C=N–C) groups is 1. The van der Waals surface area contributed by atoms with Crippen LogP contribution in [0.1, 0.15) is 38.5 Å². The number of hydrogen-bond acceptors (Lipinski definition) is 5. The fourth-order valence-corrected chi connectivity index (χ4v) is 3.37. The van der Waals surface area contributed by atoms with Gasteiger partial charge in [0.05, 0.1) is 19.3 Å². The van der Waals surface area contributed by atoms with Gasteiger partial charge in [-0.1, -0.05) is 0 Å². The van der Waals surface area contributed by atoms with Crippen LogP contribution in [0.15, 0.2) is 4.99 Å². The van der Waals surface area contributed by atoms with E-state index in [9.17, 15) is 4.79 Å². The number of carbonyl (C=O) groups excluding carboxylic acids is 1. The number of nitrogens with zero attached hydrogens (tertiary/aromatic N) is 3. The summed E-state index contributed by atoms with van der Waals surface area (Å²) in [5.74, 6) is 0.728. The van der Waals surface area contributed by atoms with Gasteiger partial charge in [0.1, 0.15) is 6.54 Å². The molecule has 8 heteroatoms. The molecule has 0 aromatic rings. The number of nitrogens with one attached hydrogen (secondary N) is 2. The minimum absolute atomic E-state index is 0.00465. The molecule has 2 aliphatic heterocycles. The lowest BCUT2D eigenvalue weighted by Crippen LogP contribution is -2.41. The highest BCUT2D eigenvalue weighted by molar-refractivity contribution is 5.84. The first-order chi connectivity index (χ1) is 13.6. The van der Waals surface area contributed by atoms with Gasteiger partial charge >= 0.3 is 0 Å². The van der Waals surface area contributed by atoms with Gasteiger partial charge in [-0.25, -0.2) is 4.99 Å². The van der Waals surface area contributed by atoms with E-state index in [1.807, 2.05) is 0 Å². The van der Waals surface area contributed by atoms with Gasteiger partial charge in [-0.3, -0.25) is 9.69 Å². The maximum absolute atomic E-state index is 11.8. The van der Waals surface area contributed by atoms with E-state index in [0.717, 1.165) is 77.8 Å². The van der Waals surface area contributed by atoms with Crippen LogP contribution in [0.3, 0.4) is 0 Å². The summed E-state index contributed by atoms with van der Waals surface area (Å²) in [5.41, 5.74) is 0. The minimum Gasteiger partial charge on any atom is -0.379 e. The third kappa shape index (κ3) is 9.71. The molecule has 2 saturated heterocycles. The van der Waals surface area contributed by atoms with Gasteiger partial charge in [0.2, 0.25) is 5.91 Å². The monoisotopic (exact) mass is 397 g/mol. The summed E-state index contributed by atoms with van der Waals surface area (Å²) >= 11 is 0. The zero-order chi connectivity index (χ0) is 20.0. The Morgan fingerprint density at radius 3 is 2.54 bits per heavy atom. The first kappa shape index (κ1) is 22.9. The second-order valence-electron chi connectivity index (χ2n) is 7.74. The lowest BCUT2D eigenvalue weighted by atomic mass is 10.0. The van der Waals surface area contributed by atoms with E-state index < -0.39 is 0 Å². The van der Waals surface area contributed by atoms with Gasteiger partial charge in [0.15, 0.2) is 5.96 Å². The molecule has 2 heterocycles. The molecule has 2 aliphatic rings. The normalized spacial score (nSPS) is 21.4. The maximum Gasteiger partial charge on any atom is 0.243 e. The molecular formula is C20H39N5O3. The molecule has 0 aromatic carbocycles. The third-order valence-electron chi connectivity index (χ3n) is 5.19. The largest absolute Gasteiger partial charge is 0.379 e. The van der Waals surface area contributed by atoms with E-state index in [2.05, 4.69) is 20.5 Å². The highest BCUT2D eigenvalue weighted by atomic mass is 16.5. The van der Waals surface area contributed by atoms with Crippen molar-refractivity contribution in [1.29, 1.82) is 0 Å². The molecule has 0 aromatic heterocycles. The summed E-state index contributed by atoms with van der Waals surface area (Å²) in [6.07, 6.45) is 7.22. The number of carbonyl (C=O) groups is 1. The van der Waals surface area contributed by atoms with E-state index in [1.165, 1.54) is 19.3 Å². The summed E-state index contributed by atoms with van der Waals surface area (Å²) in [4.78, 5) is 20.3. The summed E-state index contributed by atoms with van der Waals surface area (Å²) in [7, 11) is 3.51. The zero-order valence-electron chi connectivity index (χ0n) is 17.8. The number of amides is 1. The van der Waals surface area contributed by atoms with Crippen LogP contribution in [0.4, 0.5) is 0 Å². The molecule has 0 saturated carbocycles. The Balaban J connectivity index is 1.67. The van der Waals surface area contributed by atoms with Crippen LogP contribution in [0, 0.1) is 0 Å². The van der Waals surface area contributed by atoms with Crippen molar-refractivity contribution in [1.82, 2.24) is 20.4 Å². The Morgan fingerprint density at radius 1 is 1.11 bits per heavy atom. The zero-order valence-corrected chi connectivity index (χ0v) is 17.8. The van der Waals surface area contributed by atoms with Gasteiger partial charge in [-0.15, -0.1) is 0 Å². The standard InChI is InChI=1S/C20H39N5O3/c1-24(2)19(26)17-23-20(21-9-5-8-18-7-3-4-14-28-18)22-10-6-11-25-12-15-27-16-13-25/h18H,3-17H2,1-2H3,(H2,21,22,23). The molecule has 1 unspecified atom stereocenters. The van der Waals surface area contributed by atoms with Gasteiger partial charge in [0.25, 0.3) is 0 Å². The second-order valence-corrected chi connectivity index (χ2v) is 7.74. The van der Waals surface area contributed by atoms with Crippen LogP contribution in [0.5, 0.6) is 0 Å². The molecule has 0 bridgehead atoms. The fraction of sp³-hybridized carbons (Fsp3) is 0.900. The maximum atomic E-state index is 11.8. The highest BCUT2D eigenvalue weighted by Crippen LogP contribution is 2.16. The van der Waals surface area contributed by atoms with Crippen molar-refractivity contribution in [2.24, 2.45) is 4.99 Å². The molecule has 2 N–H and O–H groups in total. The molecular weight excluding hydrogens is 358 g/mol. The molecule has 0 spiro atoms. The lowest BCUT2D eigenvalue weighted by Gasteiger charge is -2.26. The quantitative estimate of drug-likeness (QED) is 0.321. The molecule has 0 aliphatic carbocycles. The summed E-state index contributed by atoms with van der Waals surface area (Å²) in [6.45, 7) is 7.49. The molecule has 2 fully saturated rings. The van der Waals surface area contributed by atoms with E-state index in [4.69, 9.17) is 9.47 Å². The minimum atomic E-state index is 0.00465. The van der Waals surface area contributed by atoms with Crippen molar-refractivity contribution in [2.75, 3.05) is 73.2 Å². The molecule has 28 heavy (non-hydrogen) atoms. The molecule has 162 valence electrons. The van der Waals surface area contributed by atoms with E-state index >= 15 is 0 Å². The van der Waals surface area contributed by atoms with E-state index in [-0.39, 0.29) is 12.5 Å². The average molecular weight is 398 g/mol. The Kier molecular flexibility index (Phi) is 11.2. The van der Waals surface area contributed by atoms with Gasteiger partial charge in [-0.2, -0.15) is 0 Å². The Hall–Kier alpha value is -1.38. The average Bonchev–Trinajstić information content (AvgIpc) is 2.73. The van der Waals surface area contributed by atoms with Crippen LogP contribution < -0.4 is 10.6 Å². The van der Waals surface area contributed by atoms with Gasteiger partial charge in [-0.05, 0) is 45.1 Å². The predicted octanol–water partition coefficient (Wildman–Crippen LogP) is 0.681. The second kappa shape index (κ2) is 13.7. The number of rotatable bonds is 10. The van der Waals surface area contributed by atoms with Crippen molar-refractivity contribution < 1.29 is 14.3 Å². The van der Waals surface area contributed by atoms with Crippen molar-refractivity contribution in [3.63, 3.8) is 0 Å². The summed E-state index contributed by atoms with van der Waals surface area (Å²) < 4.78 is 11.2. The number of hydrogen-bond donors (Lipinski definition) is 2. The third-order valence-corrected chi connectivity index (χ3v) is 5.19. The summed E-state index contributed by atoms with van der Waals surface area (Å²) in [6, 6.07) is 0. The molecule has 1 atom stereocenters. The van der Waals surface area contributed by atoms with Gasteiger partial charge < -0.3 is 25.0 Å². The van der Waals surface area contributed by atoms with Crippen LogP contribution >= 0.6 is 0 Å². The Labute approximate surface area is 170 Å². The van der Waals surface area contributed by atoms with Crippen LogP contribution in [-0.4, -0.2) is 101 Å². The van der Waals surface area contributed by atoms with E-state index in [0.29, 0.717) is 6.10 Å². The number of guanidine groups is 1. The molecule has 0 radical (unpaired) electrons. The van der Waals surface area contributed by atoms with Crippen molar-refractivity contribution in [3.8, 4) is 0 Å². The first-order valence-corrected chi connectivity index (χ1v) is 10.8. The summed E-state index contributed by atoms with van der Waals surface area (Å²) in [5, 5.41) is 6.74. The van der Waals surface area contributed by atoms with Crippen LogP contribution in [0.25, 0.3) is 0 Å². The van der Waals surface area contributed by atoms with Crippen LogP contribution in [0.2, 0.25) is 0 Å². The fourth-order valence-electron chi connectivity index (χ4n) is 3.37. The van der Waals surface area contributed by atoms with Gasteiger partial charge in [0, 0.05) is 46.9 Å². The molecule has 2 rings (SSSR count). The lowest BCUT2D eigenvalue weighted by molar-refractivity contribution is -0.127. The number of morpholine rings is 1. The predicted molar refractivity (Wildman–Crippen MR) is 112 cm³/mol. The first-order valence-electron chi connectivity index (χ1n) is 10.8. The number of likely N-dealkylation sites (N-methyl/N-ethyl adjacent to an activating group) is 1. The van der Waals surface area contributed by atoms with Crippen molar-refractivity contribution in [3.05, 3.63) is 0 Å². The Bertz CT molecular complexity index is 433. The smallest absolute Gasteiger partial charge is 0.243 e.